The van der Waals surface area contributed by atoms with Gasteiger partial charge in [0.15, 0.2) is 5.76 Å². The molecule has 1 aromatic carbocycles. The minimum Gasteiger partial charge on any atom is -0.355 e. The molecule has 3 aromatic rings. The molecule has 0 aliphatic carbocycles. The number of rotatable bonds is 10. The van der Waals surface area contributed by atoms with Crippen LogP contribution in [0.15, 0.2) is 58.4 Å². The monoisotopic (exact) mass is 415 g/mol. The molecule has 0 saturated heterocycles. The number of aromatic nitrogens is 1. The van der Waals surface area contributed by atoms with Crippen molar-refractivity contribution in [1.82, 2.24) is 15.4 Å². The summed E-state index contributed by atoms with van der Waals surface area (Å²) in [5.74, 6) is 1.90. The third kappa shape index (κ3) is 6.22. The topological polar surface area (TPSA) is 58.4 Å². The van der Waals surface area contributed by atoms with E-state index in [9.17, 15) is 4.79 Å². The van der Waals surface area contributed by atoms with E-state index in [1.807, 2.05) is 41.8 Å². The molecule has 5 nitrogen and oxygen atoms in total. The van der Waals surface area contributed by atoms with Gasteiger partial charge in [-0.15, -0.1) is 23.1 Å². The summed E-state index contributed by atoms with van der Waals surface area (Å²) < 4.78 is 5.36. The number of carbonyl (C=O) groups is 1. The Morgan fingerprint density at radius 3 is 2.86 bits per heavy atom. The smallest absolute Gasteiger partial charge is 0.230 e. The van der Waals surface area contributed by atoms with Crippen molar-refractivity contribution in [1.29, 1.82) is 0 Å². The van der Waals surface area contributed by atoms with Crippen LogP contribution in [0.5, 0.6) is 0 Å². The van der Waals surface area contributed by atoms with Gasteiger partial charge in [-0.3, -0.25) is 9.69 Å². The normalized spacial score (nSPS) is 12.2. The lowest BCUT2D eigenvalue weighted by atomic mass is 10.2. The first kappa shape index (κ1) is 20.6. The van der Waals surface area contributed by atoms with Crippen LogP contribution in [-0.2, 0) is 17.1 Å². The fourth-order valence-electron chi connectivity index (χ4n) is 2.66. The number of likely N-dealkylation sites (N-methyl/N-ethyl adjacent to an activating group) is 1. The van der Waals surface area contributed by atoms with Gasteiger partial charge in [0.25, 0.3) is 0 Å². The summed E-state index contributed by atoms with van der Waals surface area (Å²) in [6, 6.07) is 16.5. The van der Waals surface area contributed by atoms with Gasteiger partial charge >= 0.3 is 0 Å². The highest BCUT2D eigenvalue weighted by Gasteiger charge is 2.12. The maximum absolute atomic E-state index is 12.1. The molecule has 28 heavy (non-hydrogen) atoms. The van der Waals surface area contributed by atoms with Crippen LogP contribution >= 0.6 is 23.1 Å². The van der Waals surface area contributed by atoms with Crippen LogP contribution in [0, 0.1) is 0 Å². The van der Waals surface area contributed by atoms with Crippen molar-refractivity contribution >= 4 is 29.0 Å². The molecule has 3 rings (SSSR count). The first-order valence-electron chi connectivity index (χ1n) is 9.20. The van der Waals surface area contributed by atoms with Gasteiger partial charge in [0.1, 0.15) is 0 Å². The average molecular weight is 416 g/mol. The Labute approximate surface area is 174 Å². The Kier molecular flexibility index (Phi) is 7.71. The molecule has 0 aliphatic heterocycles. The van der Waals surface area contributed by atoms with Crippen molar-refractivity contribution in [3.63, 3.8) is 0 Å². The lowest BCUT2D eigenvalue weighted by Gasteiger charge is -2.25. The zero-order chi connectivity index (χ0) is 19.8. The number of amides is 1. The fourth-order valence-corrected chi connectivity index (χ4v) is 4.07. The molecule has 1 atom stereocenters. The third-order valence-electron chi connectivity index (χ3n) is 4.43. The third-order valence-corrected chi connectivity index (χ3v) is 6.28. The van der Waals surface area contributed by atoms with Gasteiger partial charge in [-0.25, -0.2) is 0 Å². The highest BCUT2D eigenvalue weighted by Crippen LogP contribution is 2.26. The molecule has 148 valence electrons. The summed E-state index contributed by atoms with van der Waals surface area (Å²) in [5, 5.41) is 9.11. The summed E-state index contributed by atoms with van der Waals surface area (Å²) >= 11 is 3.16. The number of nitrogens with one attached hydrogen (secondary N) is 1. The second kappa shape index (κ2) is 10.5. The van der Waals surface area contributed by atoms with Crippen molar-refractivity contribution < 1.29 is 9.32 Å². The number of nitrogens with zero attached hydrogens (tertiary/aromatic N) is 2. The molecule has 1 unspecified atom stereocenters. The number of carbonyl (C=O) groups excluding carboxylic acids is 1. The number of thioether (sulfide) groups is 1. The largest absolute Gasteiger partial charge is 0.355 e. The summed E-state index contributed by atoms with van der Waals surface area (Å²) in [6.07, 6.45) is 0. The molecule has 1 amide bonds. The zero-order valence-electron chi connectivity index (χ0n) is 16.1. The van der Waals surface area contributed by atoms with Gasteiger partial charge in [-0.2, -0.15) is 0 Å². The van der Waals surface area contributed by atoms with Crippen LogP contribution in [0.2, 0.25) is 0 Å². The highest BCUT2D eigenvalue weighted by atomic mass is 32.2. The molecule has 7 heteroatoms. The first-order valence-corrected chi connectivity index (χ1v) is 11.2. The number of hydrogen-bond acceptors (Lipinski definition) is 6. The van der Waals surface area contributed by atoms with Crippen molar-refractivity contribution in [2.45, 2.75) is 25.3 Å². The van der Waals surface area contributed by atoms with E-state index in [1.165, 1.54) is 5.56 Å². The standard InChI is InChI=1S/C21H25N3O2S2/c1-16(24(2)13-17-7-4-3-5-8-17)12-22-21(25)15-27-14-18-11-19(26-23-18)20-9-6-10-28-20/h3-11,16H,12-15H2,1-2H3,(H,22,25). The van der Waals surface area contributed by atoms with Crippen molar-refractivity contribution in [2.75, 3.05) is 19.3 Å². The minimum atomic E-state index is 0.0481. The van der Waals surface area contributed by atoms with E-state index in [2.05, 4.69) is 41.5 Å². The molecular weight excluding hydrogens is 390 g/mol. The fraction of sp³-hybridized carbons (Fsp3) is 0.333. The lowest BCUT2D eigenvalue weighted by Crippen LogP contribution is -2.40. The van der Waals surface area contributed by atoms with Gasteiger partial charge in [0.05, 0.1) is 16.3 Å². The Hall–Kier alpha value is -2.09. The summed E-state index contributed by atoms with van der Waals surface area (Å²) in [6.45, 7) is 3.62. The maximum Gasteiger partial charge on any atom is 0.230 e. The number of benzene rings is 1. The van der Waals surface area contributed by atoms with Gasteiger partial charge in [-0.1, -0.05) is 41.6 Å². The zero-order valence-corrected chi connectivity index (χ0v) is 17.8. The van der Waals surface area contributed by atoms with Gasteiger partial charge in [0, 0.05) is 31.0 Å². The predicted molar refractivity (Wildman–Crippen MR) is 116 cm³/mol. The van der Waals surface area contributed by atoms with Crippen molar-refractivity contribution in [3.05, 3.63) is 65.2 Å². The molecule has 0 spiro atoms. The van der Waals surface area contributed by atoms with Crippen molar-refractivity contribution in [2.24, 2.45) is 0 Å². The summed E-state index contributed by atoms with van der Waals surface area (Å²) in [7, 11) is 2.08. The van der Waals surface area contributed by atoms with E-state index < -0.39 is 0 Å². The lowest BCUT2D eigenvalue weighted by molar-refractivity contribution is -0.118. The Balaban J connectivity index is 1.34. The van der Waals surface area contributed by atoms with E-state index in [-0.39, 0.29) is 11.9 Å². The van der Waals surface area contributed by atoms with E-state index >= 15 is 0 Å². The Bertz CT molecular complexity index is 850. The second-order valence-corrected chi connectivity index (χ2v) is 8.64. The molecule has 2 heterocycles. The molecule has 0 aliphatic rings. The molecule has 0 saturated carbocycles. The molecule has 0 bridgehead atoms. The highest BCUT2D eigenvalue weighted by molar-refractivity contribution is 7.99. The first-order chi connectivity index (χ1) is 13.6. The van der Waals surface area contributed by atoms with E-state index in [4.69, 9.17) is 4.52 Å². The molecule has 0 radical (unpaired) electrons. The average Bonchev–Trinajstić information content (AvgIpc) is 3.38. The maximum atomic E-state index is 12.1. The Morgan fingerprint density at radius 2 is 2.11 bits per heavy atom. The molecule has 2 aromatic heterocycles. The van der Waals surface area contributed by atoms with E-state index in [0.29, 0.717) is 18.1 Å². The van der Waals surface area contributed by atoms with Crippen LogP contribution in [0.3, 0.4) is 0 Å². The van der Waals surface area contributed by atoms with Crippen LogP contribution in [0.4, 0.5) is 0 Å². The van der Waals surface area contributed by atoms with E-state index in [1.54, 1.807) is 23.1 Å². The molecule has 1 N–H and O–H groups in total. The van der Waals surface area contributed by atoms with Crippen LogP contribution in [0.1, 0.15) is 18.2 Å². The summed E-state index contributed by atoms with van der Waals surface area (Å²) in [4.78, 5) is 15.4. The van der Waals surface area contributed by atoms with Crippen LogP contribution < -0.4 is 5.32 Å². The van der Waals surface area contributed by atoms with Gasteiger partial charge in [0.2, 0.25) is 5.91 Å². The second-order valence-electron chi connectivity index (χ2n) is 6.71. The number of thiophene rings is 1. The summed E-state index contributed by atoms with van der Waals surface area (Å²) in [5.41, 5.74) is 2.13. The quantitative estimate of drug-likeness (QED) is 0.536. The molecule has 0 fully saturated rings. The van der Waals surface area contributed by atoms with Gasteiger partial charge < -0.3 is 9.84 Å². The van der Waals surface area contributed by atoms with Crippen LogP contribution in [0.25, 0.3) is 10.6 Å². The minimum absolute atomic E-state index is 0.0481. The number of hydrogen-bond donors (Lipinski definition) is 1. The predicted octanol–water partition coefficient (Wildman–Crippen LogP) is 4.27. The van der Waals surface area contributed by atoms with E-state index in [0.717, 1.165) is 22.9 Å². The Morgan fingerprint density at radius 1 is 1.29 bits per heavy atom. The molecular formula is C21H25N3O2S2. The van der Waals surface area contributed by atoms with Gasteiger partial charge in [-0.05, 0) is 31.0 Å². The SMILES string of the molecule is CC(CNC(=O)CSCc1cc(-c2cccs2)on1)N(C)Cc1ccccc1. The van der Waals surface area contributed by atoms with Crippen molar-refractivity contribution in [3.8, 4) is 10.6 Å². The van der Waals surface area contributed by atoms with Crippen LogP contribution in [-0.4, -0.2) is 41.4 Å².